The van der Waals surface area contributed by atoms with E-state index in [1.165, 1.54) is 12.8 Å². The molecule has 0 aliphatic heterocycles. The maximum atomic E-state index is 11.8. The number of hydrogen-bond donors (Lipinski definition) is 2. The highest BCUT2D eigenvalue weighted by atomic mass is 16.3. The van der Waals surface area contributed by atoms with Crippen LogP contribution in [-0.2, 0) is 17.9 Å². The standard InChI is InChI=1S/C14H17NO2/c16-9-11-3-1-2-10(6-11)8-15-13(17)12-7-14(12)4-5-14/h1-3,6,12,16H,4-5,7-9H2,(H,15,17). The molecule has 0 saturated heterocycles. The van der Waals surface area contributed by atoms with Crippen molar-refractivity contribution in [1.82, 2.24) is 5.32 Å². The molecule has 0 heterocycles. The zero-order chi connectivity index (χ0) is 11.9. The van der Waals surface area contributed by atoms with Gasteiger partial charge in [-0.3, -0.25) is 4.79 Å². The summed E-state index contributed by atoms with van der Waals surface area (Å²) >= 11 is 0. The molecule has 2 fully saturated rings. The van der Waals surface area contributed by atoms with Crippen LogP contribution in [0.4, 0.5) is 0 Å². The van der Waals surface area contributed by atoms with E-state index in [1.54, 1.807) is 0 Å². The minimum Gasteiger partial charge on any atom is -0.392 e. The molecule has 1 amide bonds. The van der Waals surface area contributed by atoms with Crippen molar-refractivity contribution in [3.8, 4) is 0 Å². The van der Waals surface area contributed by atoms with Crippen molar-refractivity contribution in [2.45, 2.75) is 32.4 Å². The second-order valence-electron chi connectivity index (χ2n) is 5.31. The lowest BCUT2D eigenvalue weighted by Gasteiger charge is -2.06. The third-order valence-corrected chi connectivity index (χ3v) is 4.04. The lowest BCUT2D eigenvalue weighted by Crippen LogP contribution is -2.25. The molecule has 2 aliphatic rings. The normalized spacial score (nSPS) is 23.5. The number of amides is 1. The maximum absolute atomic E-state index is 11.8. The summed E-state index contributed by atoms with van der Waals surface area (Å²) in [4.78, 5) is 11.8. The van der Waals surface area contributed by atoms with Gasteiger partial charge in [0, 0.05) is 12.5 Å². The predicted octanol–water partition coefficient (Wildman–Crippen LogP) is 1.60. The molecule has 3 rings (SSSR count). The Morgan fingerprint density at radius 3 is 2.82 bits per heavy atom. The Morgan fingerprint density at radius 2 is 2.18 bits per heavy atom. The minimum absolute atomic E-state index is 0.0491. The Bertz CT molecular complexity index is 451. The van der Waals surface area contributed by atoms with Crippen molar-refractivity contribution < 1.29 is 9.90 Å². The van der Waals surface area contributed by atoms with E-state index in [9.17, 15) is 4.79 Å². The van der Waals surface area contributed by atoms with Crippen molar-refractivity contribution in [3.05, 3.63) is 35.4 Å². The summed E-state index contributed by atoms with van der Waals surface area (Å²) in [5.74, 6) is 0.487. The number of nitrogens with one attached hydrogen (secondary N) is 1. The van der Waals surface area contributed by atoms with Gasteiger partial charge in [0.05, 0.1) is 6.61 Å². The van der Waals surface area contributed by atoms with E-state index in [0.717, 1.165) is 17.5 Å². The van der Waals surface area contributed by atoms with E-state index < -0.39 is 0 Å². The topological polar surface area (TPSA) is 49.3 Å². The summed E-state index contributed by atoms with van der Waals surface area (Å²) in [5.41, 5.74) is 2.37. The molecule has 2 aliphatic carbocycles. The van der Waals surface area contributed by atoms with E-state index in [1.807, 2.05) is 24.3 Å². The summed E-state index contributed by atoms with van der Waals surface area (Å²) in [6.45, 7) is 0.618. The van der Waals surface area contributed by atoms with Gasteiger partial charge in [0.15, 0.2) is 0 Å². The highest BCUT2D eigenvalue weighted by Crippen LogP contribution is 2.70. The van der Waals surface area contributed by atoms with Gasteiger partial charge in [-0.1, -0.05) is 24.3 Å². The van der Waals surface area contributed by atoms with Crippen molar-refractivity contribution in [3.63, 3.8) is 0 Å². The van der Waals surface area contributed by atoms with Crippen LogP contribution in [0.5, 0.6) is 0 Å². The number of carbonyl (C=O) groups excluding carboxylic acids is 1. The number of hydrogen-bond acceptors (Lipinski definition) is 2. The predicted molar refractivity (Wildman–Crippen MR) is 64.0 cm³/mol. The first-order valence-corrected chi connectivity index (χ1v) is 6.20. The lowest BCUT2D eigenvalue weighted by molar-refractivity contribution is -0.122. The zero-order valence-corrected chi connectivity index (χ0v) is 9.78. The first-order chi connectivity index (χ1) is 8.23. The number of benzene rings is 1. The number of rotatable bonds is 4. The monoisotopic (exact) mass is 231 g/mol. The van der Waals surface area contributed by atoms with Gasteiger partial charge in [0.1, 0.15) is 0 Å². The molecule has 0 bridgehead atoms. The van der Waals surface area contributed by atoms with E-state index >= 15 is 0 Å². The number of aliphatic hydroxyl groups excluding tert-OH is 1. The van der Waals surface area contributed by atoms with Crippen molar-refractivity contribution in [2.75, 3.05) is 0 Å². The van der Waals surface area contributed by atoms with Crippen LogP contribution in [0.15, 0.2) is 24.3 Å². The fraction of sp³-hybridized carbons (Fsp3) is 0.500. The molecule has 90 valence electrons. The van der Waals surface area contributed by atoms with Gasteiger partial charge in [0.25, 0.3) is 0 Å². The minimum atomic E-state index is 0.0491. The van der Waals surface area contributed by atoms with Gasteiger partial charge >= 0.3 is 0 Å². The Labute approximate surface area is 101 Å². The van der Waals surface area contributed by atoms with E-state index in [4.69, 9.17) is 5.11 Å². The van der Waals surface area contributed by atoms with E-state index in [2.05, 4.69) is 5.32 Å². The SMILES string of the molecule is O=C(NCc1cccc(CO)c1)C1CC12CC2. The Kier molecular flexibility index (Phi) is 2.44. The van der Waals surface area contributed by atoms with Crippen molar-refractivity contribution in [1.29, 1.82) is 0 Å². The third kappa shape index (κ3) is 2.07. The molecular weight excluding hydrogens is 214 g/mol. The van der Waals surface area contributed by atoms with Gasteiger partial charge in [-0.15, -0.1) is 0 Å². The Hall–Kier alpha value is -1.35. The quantitative estimate of drug-likeness (QED) is 0.826. The van der Waals surface area contributed by atoms with Gasteiger partial charge in [-0.05, 0) is 35.8 Å². The molecule has 1 spiro atoms. The molecule has 0 aromatic heterocycles. The van der Waals surface area contributed by atoms with Crippen LogP contribution < -0.4 is 5.32 Å². The molecule has 1 atom stereocenters. The zero-order valence-electron chi connectivity index (χ0n) is 9.78. The molecule has 1 unspecified atom stereocenters. The second kappa shape index (κ2) is 3.84. The van der Waals surface area contributed by atoms with Crippen LogP contribution in [0.1, 0.15) is 30.4 Å². The molecule has 1 aromatic carbocycles. The molecule has 3 nitrogen and oxygen atoms in total. The fourth-order valence-corrected chi connectivity index (χ4v) is 2.58. The van der Waals surface area contributed by atoms with Crippen LogP contribution in [-0.4, -0.2) is 11.0 Å². The Morgan fingerprint density at radius 1 is 1.41 bits per heavy atom. The summed E-state index contributed by atoms with van der Waals surface area (Å²) < 4.78 is 0. The number of carbonyl (C=O) groups is 1. The maximum Gasteiger partial charge on any atom is 0.223 e. The highest BCUT2D eigenvalue weighted by Gasteiger charge is 2.65. The van der Waals surface area contributed by atoms with E-state index in [-0.39, 0.29) is 18.4 Å². The highest BCUT2D eigenvalue weighted by molar-refractivity contribution is 5.83. The van der Waals surface area contributed by atoms with Gasteiger partial charge in [0.2, 0.25) is 5.91 Å². The smallest absolute Gasteiger partial charge is 0.223 e. The molecule has 17 heavy (non-hydrogen) atoms. The summed E-state index contributed by atoms with van der Waals surface area (Å²) in [7, 11) is 0. The van der Waals surface area contributed by atoms with Crippen LogP contribution in [0, 0.1) is 11.3 Å². The molecule has 0 radical (unpaired) electrons. The number of aliphatic hydroxyl groups is 1. The third-order valence-electron chi connectivity index (χ3n) is 4.04. The van der Waals surface area contributed by atoms with Crippen LogP contribution >= 0.6 is 0 Å². The van der Waals surface area contributed by atoms with Crippen LogP contribution in [0.25, 0.3) is 0 Å². The van der Waals surface area contributed by atoms with Crippen LogP contribution in [0.2, 0.25) is 0 Å². The van der Waals surface area contributed by atoms with Gasteiger partial charge < -0.3 is 10.4 Å². The fourth-order valence-electron chi connectivity index (χ4n) is 2.58. The average Bonchev–Trinajstić information content (AvgIpc) is 3.28. The molecule has 2 saturated carbocycles. The lowest BCUT2D eigenvalue weighted by atomic mass is 10.1. The van der Waals surface area contributed by atoms with Crippen LogP contribution in [0.3, 0.4) is 0 Å². The molecule has 3 heteroatoms. The van der Waals surface area contributed by atoms with Crippen molar-refractivity contribution in [2.24, 2.45) is 11.3 Å². The first kappa shape index (κ1) is 10.8. The molecule has 1 aromatic rings. The van der Waals surface area contributed by atoms with Gasteiger partial charge in [-0.25, -0.2) is 0 Å². The average molecular weight is 231 g/mol. The van der Waals surface area contributed by atoms with Crippen molar-refractivity contribution >= 4 is 5.91 Å². The van der Waals surface area contributed by atoms with E-state index in [0.29, 0.717) is 12.0 Å². The summed E-state index contributed by atoms with van der Waals surface area (Å²) in [5, 5.41) is 12.0. The first-order valence-electron chi connectivity index (χ1n) is 6.20. The summed E-state index contributed by atoms with van der Waals surface area (Å²) in [6.07, 6.45) is 3.58. The molecular formula is C14H17NO2. The Balaban J connectivity index is 1.54. The molecule has 2 N–H and O–H groups in total. The largest absolute Gasteiger partial charge is 0.392 e. The summed E-state index contributed by atoms with van der Waals surface area (Å²) in [6, 6.07) is 7.69. The second-order valence-corrected chi connectivity index (χ2v) is 5.31. The van der Waals surface area contributed by atoms with Gasteiger partial charge in [-0.2, -0.15) is 0 Å².